The lowest BCUT2D eigenvalue weighted by molar-refractivity contribution is 0.196. The number of methoxy groups -OCH3 is 1. The molecule has 1 atom stereocenters. The van der Waals surface area contributed by atoms with Gasteiger partial charge in [0.2, 0.25) is 0 Å². The maximum atomic E-state index is 4.91. The molecule has 0 spiro atoms. The van der Waals surface area contributed by atoms with Gasteiger partial charge in [0, 0.05) is 32.8 Å². The van der Waals surface area contributed by atoms with Gasteiger partial charge in [-0.1, -0.05) is 0 Å². The van der Waals surface area contributed by atoms with Crippen LogP contribution in [-0.2, 0) is 4.74 Å². The van der Waals surface area contributed by atoms with E-state index in [1.807, 2.05) is 0 Å². The molecule has 1 fully saturated rings. The lowest BCUT2D eigenvalue weighted by Gasteiger charge is -2.08. The van der Waals surface area contributed by atoms with E-state index < -0.39 is 0 Å². The first-order chi connectivity index (χ1) is 4.93. The van der Waals surface area contributed by atoms with Crippen LogP contribution in [0, 0.1) is 0 Å². The Hall–Kier alpha value is -0.120. The zero-order chi connectivity index (χ0) is 7.23. The number of nitrogens with zero attached hydrogens (tertiary/aromatic N) is 1. The van der Waals surface area contributed by atoms with Gasteiger partial charge in [0.25, 0.3) is 0 Å². The molecule has 1 N–H and O–H groups in total. The van der Waals surface area contributed by atoms with Crippen molar-refractivity contribution in [3.8, 4) is 0 Å². The second-order valence-electron chi connectivity index (χ2n) is 2.56. The Balaban J connectivity index is 1.91. The average Bonchev–Trinajstić information content (AvgIpc) is 2.41. The second kappa shape index (κ2) is 4.66. The highest BCUT2D eigenvalue weighted by Gasteiger charge is 2.13. The first-order valence-corrected chi connectivity index (χ1v) is 3.79. The Bertz CT molecular complexity index is 81.7. The fraction of sp³-hybridized carbons (Fsp3) is 1.00. The summed E-state index contributed by atoms with van der Waals surface area (Å²) in [6.45, 7) is 3.78. The summed E-state index contributed by atoms with van der Waals surface area (Å²) in [5.41, 5.74) is 0. The van der Waals surface area contributed by atoms with E-state index in [-0.39, 0.29) is 0 Å². The molecular formula is C7H15N2O. The Morgan fingerprint density at radius 3 is 3.20 bits per heavy atom. The van der Waals surface area contributed by atoms with Crippen LogP contribution >= 0.6 is 0 Å². The fourth-order valence-electron chi connectivity index (χ4n) is 1.12. The molecule has 3 heteroatoms. The highest BCUT2D eigenvalue weighted by atomic mass is 16.5. The summed E-state index contributed by atoms with van der Waals surface area (Å²) in [4.78, 5) is 0. The van der Waals surface area contributed by atoms with Crippen molar-refractivity contribution in [3.63, 3.8) is 0 Å². The van der Waals surface area contributed by atoms with Gasteiger partial charge in [-0.3, -0.25) is 0 Å². The van der Waals surface area contributed by atoms with Crippen molar-refractivity contribution in [3.05, 3.63) is 0 Å². The predicted molar refractivity (Wildman–Crippen MR) is 40.2 cm³/mol. The third-order valence-electron chi connectivity index (χ3n) is 1.72. The van der Waals surface area contributed by atoms with Crippen LogP contribution in [0.4, 0.5) is 0 Å². The standard InChI is InChI=1S/C7H15N2O/c1-10-5-4-9-7-2-3-8-6-7/h7,9H,2-6H2,1H3. The van der Waals surface area contributed by atoms with E-state index in [2.05, 4.69) is 10.6 Å². The molecule has 0 saturated carbocycles. The summed E-state index contributed by atoms with van der Waals surface area (Å²) in [6, 6.07) is 0.621. The first kappa shape index (κ1) is 7.98. The third-order valence-corrected chi connectivity index (χ3v) is 1.72. The molecule has 59 valence electrons. The second-order valence-corrected chi connectivity index (χ2v) is 2.56. The highest BCUT2D eigenvalue weighted by molar-refractivity contribution is 4.76. The molecule has 1 aliphatic heterocycles. The van der Waals surface area contributed by atoms with Crippen LogP contribution in [0.1, 0.15) is 6.42 Å². The molecule has 1 aliphatic rings. The Kier molecular flexibility index (Phi) is 3.72. The zero-order valence-corrected chi connectivity index (χ0v) is 6.47. The average molecular weight is 143 g/mol. The smallest absolute Gasteiger partial charge is 0.0587 e. The number of rotatable bonds is 4. The van der Waals surface area contributed by atoms with E-state index in [1.54, 1.807) is 7.11 Å². The molecule has 0 aliphatic carbocycles. The summed E-state index contributed by atoms with van der Waals surface area (Å²) in [7, 11) is 1.72. The van der Waals surface area contributed by atoms with Gasteiger partial charge in [-0.25, -0.2) is 5.32 Å². The Morgan fingerprint density at radius 1 is 1.70 bits per heavy atom. The van der Waals surface area contributed by atoms with Crippen molar-refractivity contribution in [2.75, 3.05) is 33.4 Å². The molecule has 0 aromatic heterocycles. The van der Waals surface area contributed by atoms with Crippen molar-refractivity contribution < 1.29 is 4.74 Å². The van der Waals surface area contributed by atoms with Crippen LogP contribution in [0.15, 0.2) is 0 Å². The highest BCUT2D eigenvalue weighted by Crippen LogP contribution is 1.97. The van der Waals surface area contributed by atoms with Crippen molar-refractivity contribution in [2.45, 2.75) is 12.5 Å². The summed E-state index contributed by atoms with van der Waals surface area (Å²) in [6.07, 6.45) is 1.20. The van der Waals surface area contributed by atoms with Gasteiger partial charge in [-0.05, 0) is 6.42 Å². The van der Waals surface area contributed by atoms with E-state index in [0.717, 1.165) is 26.2 Å². The number of hydrogen-bond acceptors (Lipinski definition) is 2. The van der Waals surface area contributed by atoms with Crippen LogP contribution in [0.3, 0.4) is 0 Å². The van der Waals surface area contributed by atoms with Crippen LogP contribution in [0.5, 0.6) is 0 Å². The quantitative estimate of drug-likeness (QED) is 0.543. The predicted octanol–water partition coefficient (Wildman–Crippen LogP) is -0.401. The number of nitrogens with one attached hydrogen (secondary N) is 1. The van der Waals surface area contributed by atoms with Gasteiger partial charge >= 0.3 is 0 Å². The van der Waals surface area contributed by atoms with Crippen LogP contribution in [-0.4, -0.2) is 39.4 Å². The molecule has 1 radical (unpaired) electrons. The summed E-state index contributed by atoms with van der Waals surface area (Å²) >= 11 is 0. The van der Waals surface area contributed by atoms with Gasteiger partial charge in [0.15, 0.2) is 0 Å². The maximum Gasteiger partial charge on any atom is 0.0587 e. The molecule has 10 heavy (non-hydrogen) atoms. The van der Waals surface area contributed by atoms with Gasteiger partial charge in [-0.2, -0.15) is 0 Å². The lowest BCUT2D eigenvalue weighted by Crippen LogP contribution is -2.32. The lowest BCUT2D eigenvalue weighted by atomic mass is 10.3. The van der Waals surface area contributed by atoms with Crippen molar-refractivity contribution >= 4 is 0 Å². The molecule has 0 bridgehead atoms. The van der Waals surface area contributed by atoms with E-state index in [4.69, 9.17) is 4.74 Å². The Morgan fingerprint density at radius 2 is 2.60 bits per heavy atom. The van der Waals surface area contributed by atoms with Gasteiger partial charge in [-0.15, -0.1) is 0 Å². The molecule has 1 heterocycles. The molecule has 1 unspecified atom stereocenters. The van der Waals surface area contributed by atoms with Crippen LogP contribution in [0.25, 0.3) is 0 Å². The molecular weight excluding hydrogens is 128 g/mol. The summed E-state index contributed by atoms with van der Waals surface area (Å²) < 4.78 is 4.91. The SMILES string of the molecule is COCCNC1CC[N]C1. The van der Waals surface area contributed by atoms with E-state index in [0.29, 0.717) is 6.04 Å². The molecule has 1 rings (SSSR count). The zero-order valence-electron chi connectivity index (χ0n) is 6.47. The molecule has 0 aromatic rings. The molecule has 0 aromatic carbocycles. The van der Waals surface area contributed by atoms with Crippen molar-refractivity contribution in [1.29, 1.82) is 0 Å². The molecule has 3 nitrogen and oxygen atoms in total. The van der Waals surface area contributed by atoms with Crippen LogP contribution < -0.4 is 10.6 Å². The number of hydrogen-bond donors (Lipinski definition) is 1. The first-order valence-electron chi connectivity index (χ1n) is 3.79. The van der Waals surface area contributed by atoms with Gasteiger partial charge < -0.3 is 10.1 Å². The van der Waals surface area contributed by atoms with E-state index in [9.17, 15) is 0 Å². The third kappa shape index (κ3) is 2.64. The molecule has 0 amide bonds. The van der Waals surface area contributed by atoms with Crippen molar-refractivity contribution in [1.82, 2.24) is 10.6 Å². The van der Waals surface area contributed by atoms with Crippen LogP contribution in [0.2, 0.25) is 0 Å². The normalized spacial score (nSPS) is 25.5. The summed E-state index contributed by atoms with van der Waals surface area (Å²) in [5.74, 6) is 0. The topological polar surface area (TPSA) is 35.4 Å². The van der Waals surface area contributed by atoms with Gasteiger partial charge in [0.1, 0.15) is 0 Å². The molecule has 1 saturated heterocycles. The fourth-order valence-corrected chi connectivity index (χ4v) is 1.12. The summed E-state index contributed by atoms with van der Waals surface area (Å²) in [5, 5.41) is 7.60. The van der Waals surface area contributed by atoms with Crippen molar-refractivity contribution in [2.24, 2.45) is 0 Å². The maximum absolute atomic E-state index is 4.91. The van der Waals surface area contributed by atoms with E-state index in [1.165, 1.54) is 6.42 Å². The minimum atomic E-state index is 0.621. The minimum Gasteiger partial charge on any atom is -0.383 e. The largest absolute Gasteiger partial charge is 0.383 e. The minimum absolute atomic E-state index is 0.621. The number of ether oxygens (including phenoxy) is 1. The Labute approximate surface area is 62.1 Å². The monoisotopic (exact) mass is 143 g/mol. The van der Waals surface area contributed by atoms with E-state index >= 15 is 0 Å². The van der Waals surface area contributed by atoms with Gasteiger partial charge in [0.05, 0.1) is 6.61 Å².